The summed E-state index contributed by atoms with van der Waals surface area (Å²) in [4.78, 5) is 0. The molecule has 0 aromatic rings. The van der Waals surface area contributed by atoms with Gasteiger partial charge in [-0.05, 0) is 0 Å². The molecule has 0 aromatic carbocycles. The molecule has 1 atom stereocenters. The second-order valence-electron chi connectivity index (χ2n) is 1.76. The number of hydrogen-bond donors (Lipinski definition) is 0. The van der Waals surface area contributed by atoms with Crippen LogP contribution in [-0.4, -0.2) is 17.3 Å². The van der Waals surface area contributed by atoms with Gasteiger partial charge in [0.15, 0.2) is 0 Å². The van der Waals surface area contributed by atoms with Gasteiger partial charge >= 0.3 is 0 Å². The van der Waals surface area contributed by atoms with Gasteiger partial charge in [-0.2, -0.15) is 5.10 Å². The normalized spacial score (nSPS) is 29.4. The molecule has 0 N–H and O–H groups in total. The van der Waals surface area contributed by atoms with Crippen LogP contribution >= 0.6 is 11.8 Å². The van der Waals surface area contributed by atoms with Crippen LogP contribution in [0.15, 0.2) is 5.10 Å². The number of hydrogen-bond acceptors (Lipinski definition) is 2. The third-order valence-electron chi connectivity index (χ3n) is 0.885. The van der Waals surface area contributed by atoms with Crippen molar-refractivity contribution < 1.29 is 0 Å². The molecule has 0 aliphatic carbocycles. The average molecular weight is 119 g/mol. The first kappa shape index (κ1) is 4.91. The van der Waals surface area contributed by atoms with E-state index in [9.17, 15) is 0 Å². The molecule has 1 aliphatic heterocycles. The van der Waals surface area contributed by atoms with Crippen molar-refractivity contribution in [1.82, 2.24) is 4.53 Å². The van der Waals surface area contributed by atoms with Gasteiger partial charge in [0.2, 0.25) is 0 Å². The summed E-state index contributed by atoms with van der Waals surface area (Å²) in [6.45, 7) is 2.92. The van der Waals surface area contributed by atoms with Crippen molar-refractivity contribution in [3.05, 3.63) is 0 Å². The molecule has 7 heavy (non-hydrogen) atoms. The minimum atomic E-state index is 0.525. The Balaban J connectivity index is 2.42. The predicted octanol–water partition coefficient (Wildman–Crippen LogP) is 1.08. The third-order valence-corrected chi connectivity index (χ3v) is 1.11. The monoisotopic (exact) mass is 118 g/mol. The Morgan fingerprint density at radius 1 is 2.00 bits per heavy atom. The summed E-state index contributed by atoms with van der Waals surface area (Å²) in [5, 5.41) is 3.79. The van der Waals surface area contributed by atoms with Crippen LogP contribution in [0.3, 0.4) is 0 Å². The molecule has 2 nitrogen and oxygen atoms in total. The van der Waals surface area contributed by atoms with Gasteiger partial charge in [-0.15, -0.1) is 0 Å². The van der Waals surface area contributed by atoms with Crippen molar-refractivity contribution >= 4 is 18.0 Å². The van der Waals surface area contributed by atoms with Crippen LogP contribution in [0.25, 0.3) is 0 Å². The topological polar surface area (TPSA) is 15.6 Å². The van der Waals surface area contributed by atoms with Gasteiger partial charge < -0.3 is 0 Å². The highest BCUT2D eigenvalue weighted by Gasteiger charge is 2.08. The Morgan fingerprint density at radius 3 is 2.86 bits per heavy atom. The van der Waals surface area contributed by atoms with Crippen molar-refractivity contribution in [2.24, 2.45) is 11.0 Å². The maximum absolute atomic E-state index is 5.44. The quantitative estimate of drug-likeness (QED) is 0.435. The number of hydrazone groups is 1. The van der Waals surface area contributed by atoms with Crippen LogP contribution in [0.1, 0.15) is 6.92 Å². The fourth-order valence-corrected chi connectivity index (χ4v) is 0.786. The van der Waals surface area contributed by atoms with E-state index >= 15 is 0 Å². The lowest BCUT2D eigenvalue weighted by atomic mass is 10.2. The highest BCUT2D eigenvalue weighted by molar-refractivity contribution is 6.13. The highest BCUT2D eigenvalue weighted by Crippen LogP contribution is 2.07. The van der Waals surface area contributed by atoms with Gasteiger partial charge in [0.25, 0.3) is 0 Å². The first-order valence-corrected chi connectivity index (χ1v) is 2.60. The Hall–Kier alpha value is -0.240. The predicted molar refractivity (Wildman–Crippen MR) is 30.2 cm³/mol. The van der Waals surface area contributed by atoms with Crippen LogP contribution in [0.5, 0.6) is 0 Å². The van der Waals surface area contributed by atoms with E-state index in [1.54, 1.807) is 0 Å². The molecule has 40 valence electrons. The van der Waals surface area contributed by atoms with Crippen molar-refractivity contribution in [2.45, 2.75) is 6.92 Å². The van der Waals surface area contributed by atoms with E-state index in [4.69, 9.17) is 11.8 Å². The summed E-state index contributed by atoms with van der Waals surface area (Å²) >= 11 is 5.44. The van der Waals surface area contributed by atoms with Crippen molar-refractivity contribution in [3.8, 4) is 0 Å². The zero-order valence-electron chi connectivity index (χ0n) is 4.13. The standard InChI is InChI=1S/C4H7ClN2/c1-4-2-6-7(5)3-4/h2,4H,3H2,1H3. The molecule has 1 aliphatic rings. The molecular formula is C4H7ClN2. The van der Waals surface area contributed by atoms with E-state index in [1.807, 2.05) is 6.21 Å². The van der Waals surface area contributed by atoms with Crippen molar-refractivity contribution in [3.63, 3.8) is 0 Å². The van der Waals surface area contributed by atoms with Gasteiger partial charge in [-0.1, -0.05) is 6.92 Å². The smallest absolute Gasteiger partial charge is 0.0614 e. The Kier molecular flexibility index (Phi) is 1.19. The second kappa shape index (κ2) is 1.70. The molecule has 0 fully saturated rings. The SMILES string of the molecule is CC1C=NN(Cl)C1. The highest BCUT2D eigenvalue weighted by atomic mass is 35.5. The largest absolute Gasteiger partial charge is 0.206 e. The number of rotatable bonds is 0. The Bertz CT molecular complexity index is 81.7. The molecule has 0 saturated carbocycles. The van der Waals surface area contributed by atoms with Crippen LogP contribution in [0.2, 0.25) is 0 Å². The van der Waals surface area contributed by atoms with E-state index in [-0.39, 0.29) is 0 Å². The molecular weight excluding hydrogens is 112 g/mol. The lowest BCUT2D eigenvalue weighted by Crippen LogP contribution is -2.04. The van der Waals surface area contributed by atoms with E-state index in [2.05, 4.69) is 12.0 Å². The van der Waals surface area contributed by atoms with E-state index in [0.29, 0.717) is 5.92 Å². The number of nitrogens with zero attached hydrogens (tertiary/aromatic N) is 2. The van der Waals surface area contributed by atoms with Gasteiger partial charge in [-0.3, -0.25) is 0 Å². The summed E-state index contributed by atoms with van der Waals surface area (Å²) in [7, 11) is 0. The minimum Gasteiger partial charge on any atom is -0.206 e. The molecule has 0 saturated heterocycles. The molecule has 0 bridgehead atoms. The molecule has 3 heteroatoms. The molecule has 0 spiro atoms. The van der Waals surface area contributed by atoms with E-state index in [1.165, 1.54) is 4.53 Å². The molecule has 0 radical (unpaired) electrons. The summed E-state index contributed by atoms with van der Waals surface area (Å²) in [5.74, 6) is 0.525. The van der Waals surface area contributed by atoms with Crippen molar-refractivity contribution in [2.75, 3.05) is 6.54 Å². The van der Waals surface area contributed by atoms with Gasteiger partial charge in [0, 0.05) is 23.9 Å². The fourth-order valence-electron chi connectivity index (χ4n) is 0.518. The molecule has 0 amide bonds. The van der Waals surface area contributed by atoms with E-state index < -0.39 is 0 Å². The first-order valence-electron chi connectivity index (χ1n) is 2.26. The maximum Gasteiger partial charge on any atom is 0.0614 e. The zero-order valence-corrected chi connectivity index (χ0v) is 4.89. The molecule has 1 unspecified atom stereocenters. The molecule has 0 aromatic heterocycles. The van der Waals surface area contributed by atoms with Crippen LogP contribution < -0.4 is 0 Å². The van der Waals surface area contributed by atoms with Crippen molar-refractivity contribution in [1.29, 1.82) is 0 Å². The van der Waals surface area contributed by atoms with Crippen LogP contribution in [-0.2, 0) is 0 Å². The lowest BCUT2D eigenvalue weighted by Gasteiger charge is -1.99. The van der Waals surface area contributed by atoms with Gasteiger partial charge in [-0.25, -0.2) is 4.53 Å². The molecule has 1 rings (SSSR count). The third kappa shape index (κ3) is 1.06. The van der Waals surface area contributed by atoms with Crippen LogP contribution in [0, 0.1) is 5.92 Å². The van der Waals surface area contributed by atoms with Gasteiger partial charge in [0.1, 0.15) is 0 Å². The Morgan fingerprint density at radius 2 is 2.71 bits per heavy atom. The second-order valence-corrected chi connectivity index (χ2v) is 2.15. The lowest BCUT2D eigenvalue weighted by molar-refractivity contribution is 0.495. The van der Waals surface area contributed by atoms with Gasteiger partial charge in [0.05, 0.1) is 6.54 Å². The van der Waals surface area contributed by atoms with E-state index in [0.717, 1.165) is 6.54 Å². The summed E-state index contributed by atoms with van der Waals surface area (Å²) in [6, 6.07) is 0. The minimum absolute atomic E-state index is 0.525. The average Bonchev–Trinajstić information content (AvgIpc) is 1.87. The maximum atomic E-state index is 5.44. The summed E-state index contributed by atoms with van der Waals surface area (Å²) in [6.07, 6.45) is 1.84. The summed E-state index contributed by atoms with van der Waals surface area (Å²) < 4.78 is 1.42. The number of halogens is 1. The summed E-state index contributed by atoms with van der Waals surface area (Å²) in [5.41, 5.74) is 0. The molecule has 1 heterocycles. The fraction of sp³-hybridized carbons (Fsp3) is 0.750. The van der Waals surface area contributed by atoms with Crippen LogP contribution in [0.4, 0.5) is 0 Å². The zero-order chi connectivity index (χ0) is 5.28. The Labute approximate surface area is 47.9 Å². The first-order chi connectivity index (χ1) is 3.29.